The third-order valence-corrected chi connectivity index (χ3v) is 4.13. The van der Waals surface area contributed by atoms with E-state index >= 15 is 0 Å². The first-order valence-corrected chi connectivity index (χ1v) is 7.14. The van der Waals surface area contributed by atoms with E-state index in [0.717, 1.165) is 16.7 Å². The second-order valence-corrected chi connectivity index (χ2v) is 5.50. The zero-order chi connectivity index (χ0) is 14.8. The van der Waals surface area contributed by atoms with E-state index in [0.29, 0.717) is 6.42 Å². The Bertz CT molecular complexity index is 661. The van der Waals surface area contributed by atoms with Crippen molar-refractivity contribution < 1.29 is 9.59 Å². The van der Waals surface area contributed by atoms with Gasteiger partial charge in [0.15, 0.2) is 0 Å². The lowest BCUT2D eigenvalue weighted by Crippen LogP contribution is -2.43. The summed E-state index contributed by atoms with van der Waals surface area (Å²) >= 11 is 0. The van der Waals surface area contributed by atoms with Gasteiger partial charge in [-0.3, -0.25) is 14.9 Å². The van der Waals surface area contributed by atoms with Crippen LogP contribution in [0.4, 0.5) is 0 Å². The summed E-state index contributed by atoms with van der Waals surface area (Å²) in [5.74, 6) is -0.569. The van der Waals surface area contributed by atoms with Crippen molar-refractivity contribution >= 4 is 11.8 Å². The summed E-state index contributed by atoms with van der Waals surface area (Å²) in [5, 5.41) is 2.39. The number of amides is 2. The van der Waals surface area contributed by atoms with Crippen LogP contribution in [-0.2, 0) is 9.59 Å². The molecule has 1 heterocycles. The van der Waals surface area contributed by atoms with Crippen molar-refractivity contribution in [3.63, 3.8) is 0 Å². The van der Waals surface area contributed by atoms with E-state index in [1.165, 1.54) is 0 Å². The van der Waals surface area contributed by atoms with E-state index in [9.17, 15) is 9.59 Å². The van der Waals surface area contributed by atoms with Crippen LogP contribution in [0.1, 0.15) is 24.8 Å². The fourth-order valence-corrected chi connectivity index (χ4v) is 2.82. The molecule has 0 bridgehead atoms. The Morgan fingerprint density at radius 3 is 2.19 bits per heavy atom. The summed E-state index contributed by atoms with van der Waals surface area (Å²) in [5.41, 5.74) is 3.35. The van der Waals surface area contributed by atoms with Gasteiger partial charge in [0.1, 0.15) is 0 Å². The summed E-state index contributed by atoms with van der Waals surface area (Å²) in [4.78, 5) is 23.3. The van der Waals surface area contributed by atoms with Crippen molar-refractivity contribution in [3.8, 4) is 11.1 Å². The maximum absolute atomic E-state index is 11.7. The van der Waals surface area contributed by atoms with Crippen molar-refractivity contribution in [1.82, 2.24) is 5.32 Å². The normalized spacial score (nSPS) is 22.0. The first-order chi connectivity index (χ1) is 10.1. The second kappa shape index (κ2) is 5.52. The molecule has 0 spiro atoms. The van der Waals surface area contributed by atoms with Crippen LogP contribution in [0.25, 0.3) is 11.1 Å². The largest absolute Gasteiger partial charge is 0.296 e. The molecule has 1 aliphatic rings. The van der Waals surface area contributed by atoms with Gasteiger partial charge < -0.3 is 0 Å². The number of piperidine rings is 1. The minimum Gasteiger partial charge on any atom is -0.296 e. The molecule has 3 rings (SSSR count). The molecule has 2 aromatic rings. The van der Waals surface area contributed by atoms with Crippen LogP contribution in [0.5, 0.6) is 0 Å². The third-order valence-electron chi connectivity index (χ3n) is 4.13. The molecule has 2 aromatic carbocycles. The van der Waals surface area contributed by atoms with Crippen LogP contribution in [-0.4, -0.2) is 11.8 Å². The van der Waals surface area contributed by atoms with Gasteiger partial charge in [-0.05, 0) is 16.7 Å². The Balaban J connectivity index is 1.87. The summed E-state index contributed by atoms with van der Waals surface area (Å²) in [6.07, 6.45) is 0.373. The number of carbonyl (C=O) groups is 2. The molecule has 3 heteroatoms. The second-order valence-electron chi connectivity index (χ2n) is 5.50. The summed E-state index contributed by atoms with van der Waals surface area (Å²) in [6, 6.07) is 18.3. The Kier molecular flexibility index (Phi) is 3.57. The molecule has 2 amide bonds. The molecule has 0 aromatic heterocycles. The molecule has 0 saturated carbocycles. The van der Waals surface area contributed by atoms with E-state index in [-0.39, 0.29) is 23.7 Å². The highest BCUT2D eigenvalue weighted by atomic mass is 16.2. The predicted octanol–water partition coefficient (Wildman–Crippen LogP) is 3.12. The fourth-order valence-electron chi connectivity index (χ4n) is 2.82. The van der Waals surface area contributed by atoms with Gasteiger partial charge >= 0.3 is 0 Å². The zero-order valence-electron chi connectivity index (χ0n) is 11.9. The van der Waals surface area contributed by atoms with E-state index < -0.39 is 0 Å². The van der Waals surface area contributed by atoms with Gasteiger partial charge in [0, 0.05) is 18.3 Å². The molecule has 1 fully saturated rings. The molecular formula is C18H17NO2. The molecule has 1 aliphatic heterocycles. The van der Waals surface area contributed by atoms with Crippen molar-refractivity contribution in [1.29, 1.82) is 0 Å². The molecule has 21 heavy (non-hydrogen) atoms. The number of carbonyl (C=O) groups excluding carboxylic acids is 2. The highest BCUT2D eigenvalue weighted by Gasteiger charge is 2.33. The van der Waals surface area contributed by atoms with Gasteiger partial charge in [-0.25, -0.2) is 0 Å². The average Bonchev–Trinajstić information content (AvgIpc) is 2.52. The first kappa shape index (κ1) is 13.6. The summed E-state index contributed by atoms with van der Waals surface area (Å²) in [7, 11) is 0. The van der Waals surface area contributed by atoms with E-state index in [4.69, 9.17) is 0 Å². The SMILES string of the molecule is CC1C(=O)NC(=O)CC1c1ccc(-c2ccccc2)cc1. The lowest BCUT2D eigenvalue weighted by atomic mass is 9.81. The van der Waals surface area contributed by atoms with Crippen LogP contribution in [0, 0.1) is 5.92 Å². The first-order valence-electron chi connectivity index (χ1n) is 7.14. The topological polar surface area (TPSA) is 46.2 Å². The van der Waals surface area contributed by atoms with Crippen LogP contribution in [0.15, 0.2) is 54.6 Å². The lowest BCUT2D eigenvalue weighted by Gasteiger charge is -2.27. The minimum absolute atomic E-state index is 0.0314. The van der Waals surface area contributed by atoms with Gasteiger partial charge in [0.2, 0.25) is 11.8 Å². The summed E-state index contributed by atoms with van der Waals surface area (Å²) < 4.78 is 0. The van der Waals surface area contributed by atoms with Crippen LogP contribution >= 0.6 is 0 Å². The average molecular weight is 279 g/mol. The molecule has 2 unspecified atom stereocenters. The van der Waals surface area contributed by atoms with Crippen molar-refractivity contribution in [3.05, 3.63) is 60.2 Å². The predicted molar refractivity (Wildman–Crippen MR) is 81.5 cm³/mol. The minimum atomic E-state index is -0.185. The number of imide groups is 1. The monoisotopic (exact) mass is 279 g/mol. The van der Waals surface area contributed by atoms with Gasteiger partial charge in [0.25, 0.3) is 0 Å². The number of hydrogen-bond acceptors (Lipinski definition) is 2. The quantitative estimate of drug-likeness (QED) is 0.858. The Labute approximate surface area is 124 Å². The van der Waals surface area contributed by atoms with E-state index in [1.807, 2.05) is 49.4 Å². The number of hydrogen-bond donors (Lipinski definition) is 1. The maximum atomic E-state index is 11.7. The molecule has 3 nitrogen and oxygen atoms in total. The molecule has 0 aliphatic carbocycles. The third kappa shape index (κ3) is 2.72. The molecule has 1 N–H and O–H groups in total. The maximum Gasteiger partial charge on any atom is 0.230 e. The van der Waals surface area contributed by atoms with Gasteiger partial charge in [-0.15, -0.1) is 0 Å². The molecule has 106 valence electrons. The molecule has 0 radical (unpaired) electrons. The Morgan fingerprint density at radius 1 is 0.905 bits per heavy atom. The van der Waals surface area contributed by atoms with E-state index in [1.54, 1.807) is 0 Å². The Hall–Kier alpha value is -2.42. The van der Waals surface area contributed by atoms with Crippen LogP contribution in [0.2, 0.25) is 0 Å². The molecule has 1 saturated heterocycles. The summed E-state index contributed by atoms with van der Waals surface area (Å²) in [6.45, 7) is 1.87. The number of benzene rings is 2. The zero-order valence-corrected chi connectivity index (χ0v) is 11.9. The van der Waals surface area contributed by atoms with Crippen LogP contribution in [0.3, 0.4) is 0 Å². The highest BCUT2D eigenvalue weighted by molar-refractivity contribution is 5.99. The fraction of sp³-hybridized carbons (Fsp3) is 0.222. The Morgan fingerprint density at radius 2 is 1.52 bits per heavy atom. The van der Waals surface area contributed by atoms with Crippen molar-refractivity contribution in [2.75, 3.05) is 0 Å². The molecular weight excluding hydrogens is 262 g/mol. The van der Waals surface area contributed by atoms with E-state index in [2.05, 4.69) is 17.4 Å². The van der Waals surface area contributed by atoms with Crippen molar-refractivity contribution in [2.24, 2.45) is 5.92 Å². The standard InChI is InChI=1S/C18H17NO2/c1-12-16(11-17(20)19-18(12)21)15-9-7-14(8-10-15)13-5-3-2-4-6-13/h2-10,12,16H,11H2,1H3,(H,19,20,21). The smallest absolute Gasteiger partial charge is 0.230 e. The number of rotatable bonds is 2. The lowest BCUT2D eigenvalue weighted by molar-refractivity contribution is -0.136. The number of nitrogens with one attached hydrogen (secondary N) is 1. The molecule has 2 atom stereocenters. The highest BCUT2D eigenvalue weighted by Crippen LogP contribution is 2.32. The van der Waals surface area contributed by atoms with Gasteiger partial charge in [-0.2, -0.15) is 0 Å². The van der Waals surface area contributed by atoms with Crippen molar-refractivity contribution in [2.45, 2.75) is 19.3 Å². The van der Waals surface area contributed by atoms with Crippen LogP contribution < -0.4 is 5.32 Å². The van der Waals surface area contributed by atoms with Gasteiger partial charge in [-0.1, -0.05) is 61.5 Å². The van der Waals surface area contributed by atoms with Gasteiger partial charge in [0.05, 0.1) is 0 Å².